The molecule has 7 nitrogen and oxygen atoms in total. The Bertz CT molecular complexity index is 1210. The lowest BCUT2D eigenvalue weighted by atomic mass is 9.96. The van der Waals surface area contributed by atoms with Crippen molar-refractivity contribution < 1.29 is 18.7 Å². The van der Waals surface area contributed by atoms with Crippen molar-refractivity contribution in [3.8, 4) is 5.75 Å². The maximum atomic E-state index is 13.9. The molecule has 0 saturated carbocycles. The molecule has 1 N–H and O–H groups in total. The number of carbonyl (C=O) groups is 1. The molecule has 1 atom stereocenters. The Kier molecular flexibility index (Phi) is 8.07. The molecule has 9 heteroatoms. The van der Waals surface area contributed by atoms with E-state index in [0.717, 1.165) is 24.2 Å². The Labute approximate surface area is 208 Å². The van der Waals surface area contributed by atoms with E-state index in [1.807, 2.05) is 45.0 Å². The smallest absolute Gasteiger partial charge is 0.338 e. The Morgan fingerprint density at radius 3 is 2.66 bits per heavy atom. The number of ether oxygens (including phenoxy) is 2. The molecule has 0 radical (unpaired) electrons. The third-order valence-electron chi connectivity index (χ3n) is 5.61. The number of esters is 1. The maximum absolute atomic E-state index is 13.9. The summed E-state index contributed by atoms with van der Waals surface area (Å²) in [6, 6.07) is 13.4. The fourth-order valence-electron chi connectivity index (χ4n) is 3.80. The van der Waals surface area contributed by atoms with Crippen LogP contribution in [0, 0.1) is 5.82 Å². The van der Waals surface area contributed by atoms with E-state index >= 15 is 0 Å². The number of rotatable bonds is 10. The van der Waals surface area contributed by atoms with E-state index in [1.165, 1.54) is 17.8 Å². The van der Waals surface area contributed by atoms with Crippen LogP contribution in [-0.2, 0) is 16.1 Å². The minimum atomic E-state index is -0.500. The zero-order chi connectivity index (χ0) is 24.8. The molecule has 2 aromatic carbocycles. The first-order chi connectivity index (χ1) is 17.0. The normalized spacial score (nSPS) is 14.9. The molecular weight excluding hydrogens is 467 g/mol. The largest absolute Gasteiger partial charge is 0.489 e. The van der Waals surface area contributed by atoms with Crippen LogP contribution in [0.1, 0.15) is 50.8 Å². The fourth-order valence-corrected chi connectivity index (χ4v) is 4.36. The van der Waals surface area contributed by atoms with E-state index < -0.39 is 6.04 Å². The molecule has 1 unspecified atom stereocenters. The summed E-state index contributed by atoms with van der Waals surface area (Å²) in [4.78, 5) is 17.7. The molecular formula is C26H29FN4O3S. The van der Waals surface area contributed by atoms with Crippen LogP contribution < -0.4 is 10.1 Å². The number of anilines is 1. The van der Waals surface area contributed by atoms with E-state index in [9.17, 15) is 9.18 Å². The van der Waals surface area contributed by atoms with Crippen molar-refractivity contribution in [2.24, 2.45) is 0 Å². The van der Waals surface area contributed by atoms with Crippen molar-refractivity contribution in [3.63, 3.8) is 0 Å². The van der Waals surface area contributed by atoms with Crippen LogP contribution in [0.25, 0.3) is 0 Å². The summed E-state index contributed by atoms with van der Waals surface area (Å²) in [5.74, 6) is 1.33. The van der Waals surface area contributed by atoms with Gasteiger partial charge in [-0.2, -0.15) is 4.98 Å². The standard InChI is InChI=1S/C26H29FN4O3S/c1-4-6-15-33-24(32)22-17(3)28-25-29-26(35-5-2)30-31(25)23(22)18-11-13-20(14-12-18)34-16-19-9-7-8-10-21(19)27/h7-14,23H,4-6,15-16H2,1-3H3,(H,28,29,30). The van der Waals surface area contributed by atoms with Gasteiger partial charge in [0, 0.05) is 11.3 Å². The van der Waals surface area contributed by atoms with Crippen molar-refractivity contribution in [1.82, 2.24) is 14.8 Å². The maximum Gasteiger partial charge on any atom is 0.338 e. The zero-order valence-electron chi connectivity index (χ0n) is 20.1. The molecule has 0 aliphatic carbocycles. The molecule has 4 rings (SSSR count). The third kappa shape index (κ3) is 5.67. The minimum absolute atomic E-state index is 0.123. The molecule has 0 spiro atoms. The van der Waals surface area contributed by atoms with Crippen molar-refractivity contribution in [1.29, 1.82) is 0 Å². The van der Waals surface area contributed by atoms with Gasteiger partial charge in [0.15, 0.2) is 0 Å². The van der Waals surface area contributed by atoms with Crippen LogP contribution in [0.2, 0.25) is 0 Å². The average molecular weight is 497 g/mol. The average Bonchev–Trinajstić information content (AvgIpc) is 3.25. The monoisotopic (exact) mass is 496 g/mol. The predicted octanol–water partition coefficient (Wildman–Crippen LogP) is 5.74. The Morgan fingerprint density at radius 1 is 1.17 bits per heavy atom. The fraction of sp³-hybridized carbons (Fsp3) is 0.346. The summed E-state index contributed by atoms with van der Waals surface area (Å²) < 4.78 is 27.0. The second kappa shape index (κ2) is 11.4. The number of hydrogen-bond acceptors (Lipinski definition) is 7. The predicted molar refractivity (Wildman–Crippen MR) is 134 cm³/mol. The highest BCUT2D eigenvalue weighted by Gasteiger charge is 2.35. The zero-order valence-corrected chi connectivity index (χ0v) is 20.9. The quantitative estimate of drug-likeness (QED) is 0.218. The number of hydrogen-bond donors (Lipinski definition) is 1. The summed E-state index contributed by atoms with van der Waals surface area (Å²) in [7, 11) is 0. The summed E-state index contributed by atoms with van der Waals surface area (Å²) in [5, 5.41) is 8.51. The number of unbranched alkanes of at least 4 members (excludes halogenated alkanes) is 1. The van der Waals surface area contributed by atoms with Gasteiger partial charge in [-0.1, -0.05) is 62.4 Å². The topological polar surface area (TPSA) is 78.3 Å². The highest BCUT2D eigenvalue weighted by atomic mass is 32.2. The molecule has 0 saturated heterocycles. The van der Waals surface area contributed by atoms with Crippen LogP contribution in [0.4, 0.5) is 10.3 Å². The molecule has 0 amide bonds. The first-order valence-corrected chi connectivity index (χ1v) is 12.7. The number of nitrogens with zero attached hydrogens (tertiary/aromatic N) is 3. The molecule has 184 valence electrons. The van der Waals surface area contributed by atoms with E-state index in [2.05, 4.69) is 15.4 Å². The van der Waals surface area contributed by atoms with Gasteiger partial charge in [-0.25, -0.2) is 13.9 Å². The van der Waals surface area contributed by atoms with E-state index in [0.29, 0.717) is 40.3 Å². The highest BCUT2D eigenvalue weighted by Crippen LogP contribution is 2.37. The first-order valence-electron chi connectivity index (χ1n) is 11.7. The number of fused-ring (bicyclic) bond motifs is 1. The van der Waals surface area contributed by atoms with Crippen LogP contribution in [0.5, 0.6) is 5.75 Å². The minimum Gasteiger partial charge on any atom is -0.489 e. The lowest BCUT2D eigenvalue weighted by molar-refractivity contribution is -0.139. The van der Waals surface area contributed by atoms with E-state index in [-0.39, 0.29) is 18.4 Å². The number of thioether (sulfide) groups is 1. The Morgan fingerprint density at radius 2 is 1.94 bits per heavy atom. The highest BCUT2D eigenvalue weighted by molar-refractivity contribution is 7.99. The summed E-state index contributed by atoms with van der Waals surface area (Å²) in [5.41, 5.74) is 2.50. The third-order valence-corrected chi connectivity index (χ3v) is 6.33. The van der Waals surface area contributed by atoms with Crippen LogP contribution >= 0.6 is 11.8 Å². The van der Waals surface area contributed by atoms with Crippen LogP contribution in [0.15, 0.2) is 65.0 Å². The lowest BCUT2D eigenvalue weighted by Crippen LogP contribution is -2.29. The summed E-state index contributed by atoms with van der Waals surface area (Å²) in [6.45, 7) is 6.42. The van der Waals surface area contributed by atoms with Gasteiger partial charge in [-0.15, -0.1) is 5.10 Å². The molecule has 1 aliphatic rings. The molecule has 0 bridgehead atoms. The van der Waals surface area contributed by atoms with Gasteiger partial charge >= 0.3 is 5.97 Å². The Hall–Kier alpha value is -3.33. The number of benzene rings is 2. The van der Waals surface area contributed by atoms with E-state index in [4.69, 9.17) is 9.47 Å². The second-order valence-corrected chi connectivity index (χ2v) is 9.33. The van der Waals surface area contributed by atoms with Crippen molar-refractivity contribution in [2.45, 2.75) is 51.4 Å². The molecule has 1 aromatic heterocycles. The van der Waals surface area contributed by atoms with Crippen molar-refractivity contribution in [3.05, 3.63) is 76.7 Å². The van der Waals surface area contributed by atoms with Crippen molar-refractivity contribution >= 4 is 23.7 Å². The lowest BCUT2D eigenvalue weighted by Gasteiger charge is -2.28. The number of nitrogens with one attached hydrogen (secondary N) is 1. The molecule has 3 aromatic rings. The van der Waals surface area contributed by atoms with E-state index in [1.54, 1.807) is 22.9 Å². The first kappa shape index (κ1) is 24.8. The number of halogens is 1. The van der Waals surface area contributed by atoms with Gasteiger partial charge in [0.25, 0.3) is 0 Å². The molecule has 2 heterocycles. The van der Waals surface area contributed by atoms with Gasteiger partial charge in [0.05, 0.1) is 12.2 Å². The number of aromatic nitrogens is 3. The van der Waals surface area contributed by atoms with Gasteiger partial charge in [0.2, 0.25) is 11.1 Å². The molecule has 0 fully saturated rings. The van der Waals surface area contributed by atoms with Gasteiger partial charge in [-0.05, 0) is 42.9 Å². The van der Waals surface area contributed by atoms with Gasteiger partial charge < -0.3 is 14.8 Å². The molecule has 1 aliphatic heterocycles. The van der Waals surface area contributed by atoms with Gasteiger partial charge in [-0.3, -0.25) is 0 Å². The summed E-state index contributed by atoms with van der Waals surface area (Å²) >= 11 is 1.53. The second-order valence-electron chi connectivity index (χ2n) is 8.10. The van der Waals surface area contributed by atoms with Crippen molar-refractivity contribution in [2.75, 3.05) is 17.7 Å². The SMILES string of the molecule is CCCCOC(=O)C1=C(C)Nc2nc(SCC)nn2C1c1ccc(OCc2ccccc2F)cc1. The number of allylic oxidation sites excluding steroid dienone is 1. The molecule has 35 heavy (non-hydrogen) atoms. The Balaban J connectivity index is 1.62. The van der Waals surface area contributed by atoms with Gasteiger partial charge in [0.1, 0.15) is 24.2 Å². The van der Waals surface area contributed by atoms with Crippen LogP contribution in [0.3, 0.4) is 0 Å². The summed E-state index contributed by atoms with van der Waals surface area (Å²) in [6.07, 6.45) is 1.74. The van der Waals surface area contributed by atoms with Crippen LogP contribution in [-0.4, -0.2) is 33.1 Å². The number of carbonyl (C=O) groups excluding carboxylic acids is 1.